The van der Waals surface area contributed by atoms with Crippen LogP contribution in [0.2, 0.25) is 0 Å². The molecule has 2 aromatic rings. The van der Waals surface area contributed by atoms with Crippen LogP contribution in [-0.4, -0.2) is 25.5 Å². The number of rotatable bonds is 6. The van der Waals surface area contributed by atoms with Gasteiger partial charge in [-0.25, -0.2) is 0 Å². The smallest absolute Gasteiger partial charge is 0.238 e. The van der Waals surface area contributed by atoms with Crippen molar-refractivity contribution >= 4 is 17.7 Å². The fraction of sp³-hybridized carbons (Fsp3) is 0.318. The molecular weight excluding hydrogens is 340 g/mol. The van der Waals surface area contributed by atoms with Crippen LogP contribution in [0.25, 0.3) is 0 Å². The summed E-state index contributed by atoms with van der Waals surface area (Å²) in [5, 5.41) is 6.20. The molecule has 2 N–H and O–H groups in total. The van der Waals surface area contributed by atoms with E-state index in [2.05, 4.69) is 48.8 Å². The Morgan fingerprint density at radius 2 is 2.00 bits per heavy atom. The number of hydrogen-bond acceptors (Lipinski definition) is 3. The fourth-order valence-corrected chi connectivity index (χ4v) is 4.21. The Labute approximate surface area is 160 Å². The molecule has 1 heterocycles. The first kappa shape index (κ1) is 18.7. The number of benzene rings is 2. The highest BCUT2D eigenvalue weighted by atomic mass is 32.2. The van der Waals surface area contributed by atoms with Gasteiger partial charge in [0, 0.05) is 18.0 Å². The molecule has 0 aliphatic carbocycles. The summed E-state index contributed by atoms with van der Waals surface area (Å²) >= 11 is 1.63. The zero-order chi connectivity index (χ0) is 18.4. The highest BCUT2D eigenvalue weighted by Gasteiger charge is 2.22. The average Bonchev–Trinajstić information content (AvgIpc) is 2.67. The molecule has 0 fully saturated rings. The van der Waals surface area contributed by atoms with E-state index in [1.54, 1.807) is 11.8 Å². The predicted molar refractivity (Wildman–Crippen MR) is 110 cm³/mol. The molecule has 2 aromatic carbocycles. The maximum absolute atomic E-state index is 13.0. The van der Waals surface area contributed by atoms with Gasteiger partial charge in [-0.2, -0.15) is 0 Å². The van der Waals surface area contributed by atoms with E-state index in [-0.39, 0.29) is 11.2 Å². The van der Waals surface area contributed by atoms with E-state index < -0.39 is 0 Å². The van der Waals surface area contributed by atoms with Gasteiger partial charge in [-0.05, 0) is 44.0 Å². The number of aryl methyl sites for hydroxylation is 2. The van der Waals surface area contributed by atoms with E-state index >= 15 is 0 Å². The Morgan fingerprint density at radius 3 is 2.69 bits per heavy atom. The van der Waals surface area contributed by atoms with Crippen LogP contribution in [0.5, 0.6) is 0 Å². The quantitative estimate of drug-likeness (QED) is 0.595. The summed E-state index contributed by atoms with van der Waals surface area (Å²) in [6, 6.07) is 16.4. The van der Waals surface area contributed by atoms with E-state index in [4.69, 9.17) is 0 Å². The lowest BCUT2D eigenvalue weighted by atomic mass is 10.1. The van der Waals surface area contributed by atoms with Crippen molar-refractivity contribution in [2.75, 3.05) is 19.6 Å². The number of amides is 1. The Balaban J connectivity index is 1.76. The molecule has 26 heavy (non-hydrogen) atoms. The third-order valence-electron chi connectivity index (χ3n) is 4.56. The van der Waals surface area contributed by atoms with E-state index in [0.717, 1.165) is 30.0 Å². The molecule has 0 spiro atoms. The number of carbonyl (C=O) groups is 1. The molecule has 1 aliphatic rings. The maximum atomic E-state index is 13.0. The van der Waals surface area contributed by atoms with Crippen LogP contribution in [0, 0.1) is 13.8 Å². The monoisotopic (exact) mass is 366 g/mol. The summed E-state index contributed by atoms with van der Waals surface area (Å²) in [6.07, 6.45) is 3.18. The normalized spacial score (nSPS) is 15.2. The van der Waals surface area contributed by atoms with Crippen molar-refractivity contribution in [2.45, 2.75) is 30.4 Å². The molecule has 3 rings (SSSR count). The molecule has 1 unspecified atom stereocenters. The first-order chi connectivity index (χ1) is 12.6. The van der Waals surface area contributed by atoms with Gasteiger partial charge < -0.3 is 10.6 Å². The van der Waals surface area contributed by atoms with Gasteiger partial charge in [0.2, 0.25) is 5.91 Å². The first-order valence-corrected chi connectivity index (χ1v) is 9.96. The van der Waals surface area contributed by atoms with Gasteiger partial charge >= 0.3 is 0 Å². The second-order valence-corrected chi connectivity index (χ2v) is 7.86. The van der Waals surface area contributed by atoms with Crippen LogP contribution in [0.3, 0.4) is 0 Å². The Kier molecular flexibility index (Phi) is 6.53. The van der Waals surface area contributed by atoms with Crippen LogP contribution in [0.4, 0.5) is 0 Å². The summed E-state index contributed by atoms with van der Waals surface area (Å²) in [5.74, 6) is 0.0700. The number of carbonyl (C=O) groups excluding carboxylic acids is 1. The minimum absolute atomic E-state index is 0.0700. The zero-order valence-electron chi connectivity index (χ0n) is 15.4. The molecule has 0 saturated heterocycles. The molecule has 4 heteroatoms. The molecular formula is C22H26N2OS. The van der Waals surface area contributed by atoms with Gasteiger partial charge in [-0.1, -0.05) is 59.7 Å². The van der Waals surface area contributed by atoms with Gasteiger partial charge in [0.15, 0.2) is 0 Å². The number of thioether (sulfide) groups is 1. The molecule has 0 saturated carbocycles. The predicted octanol–water partition coefficient (Wildman–Crippen LogP) is 4.17. The van der Waals surface area contributed by atoms with Crippen LogP contribution < -0.4 is 10.6 Å². The summed E-state index contributed by atoms with van der Waals surface area (Å²) in [7, 11) is 0. The highest BCUT2D eigenvalue weighted by molar-refractivity contribution is 8.00. The third kappa shape index (κ3) is 4.99. The van der Waals surface area contributed by atoms with Crippen molar-refractivity contribution in [1.29, 1.82) is 0 Å². The molecule has 136 valence electrons. The molecule has 1 amide bonds. The number of hydrogen-bond donors (Lipinski definition) is 2. The van der Waals surface area contributed by atoms with Gasteiger partial charge in [-0.3, -0.25) is 4.79 Å². The topological polar surface area (TPSA) is 41.1 Å². The van der Waals surface area contributed by atoms with Gasteiger partial charge in [-0.15, -0.1) is 11.8 Å². The summed E-state index contributed by atoms with van der Waals surface area (Å²) in [4.78, 5) is 14.1. The van der Waals surface area contributed by atoms with Crippen LogP contribution in [0.1, 0.15) is 28.4 Å². The lowest BCUT2D eigenvalue weighted by molar-refractivity contribution is -0.120. The van der Waals surface area contributed by atoms with E-state index in [0.29, 0.717) is 6.54 Å². The minimum Gasteiger partial charge on any atom is -0.351 e. The summed E-state index contributed by atoms with van der Waals surface area (Å²) < 4.78 is 0. The third-order valence-corrected chi connectivity index (χ3v) is 6.00. The maximum Gasteiger partial charge on any atom is 0.238 e. The lowest BCUT2D eigenvalue weighted by Crippen LogP contribution is -2.32. The van der Waals surface area contributed by atoms with Gasteiger partial charge in [0.25, 0.3) is 0 Å². The highest BCUT2D eigenvalue weighted by Crippen LogP contribution is 2.37. The van der Waals surface area contributed by atoms with Crippen LogP contribution in [0.15, 0.2) is 65.1 Å². The minimum atomic E-state index is -0.250. The summed E-state index contributed by atoms with van der Waals surface area (Å²) in [6.45, 7) is 6.72. The molecule has 0 bridgehead atoms. The molecule has 0 radical (unpaired) electrons. The van der Waals surface area contributed by atoms with E-state index in [1.807, 2.05) is 30.3 Å². The zero-order valence-corrected chi connectivity index (χ0v) is 16.2. The van der Waals surface area contributed by atoms with Crippen molar-refractivity contribution in [2.24, 2.45) is 0 Å². The fourth-order valence-electron chi connectivity index (χ4n) is 3.08. The van der Waals surface area contributed by atoms with Crippen molar-refractivity contribution < 1.29 is 4.79 Å². The molecule has 1 aliphatic heterocycles. The second-order valence-electron chi connectivity index (χ2n) is 6.71. The van der Waals surface area contributed by atoms with Crippen molar-refractivity contribution in [1.82, 2.24) is 10.6 Å². The van der Waals surface area contributed by atoms with E-state index in [9.17, 15) is 4.79 Å². The van der Waals surface area contributed by atoms with Crippen molar-refractivity contribution in [3.63, 3.8) is 0 Å². The van der Waals surface area contributed by atoms with Crippen LogP contribution >= 0.6 is 11.8 Å². The molecule has 1 atom stereocenters. The Bertz CT molecular complexity index is 786. The second kappa shape index (κ2) is 9.06. The van der Waals surface area contributed by atoms with Gasteiger partial charge in [0.1, 0.15) is 5.25 Å². The Hall–Kier alpha value is -2.04. The van der Waals surface area contributed by atoms with Crippen molar-refractivity contribution in [3.8, 4) is 0 Å². The van der Waals surface area contributed by atoms with Crippen molar-refractivity contribution in [3.05, 3.63) is 76.9 Å². The average molecular weight is 367 g/mol. The largest absolute Gasteiger partial charge is 0.351 e. The van der Waals surface area contributed by atoms with Crippen LogP contribution in [-0.2, 0) is 4.79 Å². The van der Waals surface area contributed by atoms with E-state index in [1.165, 1.54) is 16.7 Å². The first-order valence-electron chi connectivity index (χ1n) is 9.08. The van der Waals surface area contributed by atoms with Gasteiger partial charge in [0.05, 0.1) is 0 Å². The summed E-state index contributed by atoms with van der Waals surface area (Å²) in [5.41, 5.74) is 4.80. The lowest BCUT2D eigenvalue weighted by Gasteiger charge is -2.20. The number of nitrogens with one attached hydrogen (secondary N) is 2. The SMILES string of the molecule is Cc1ccc(SC(C(=O)NCC2=CCNCC2)c2ccccc2)c(C)c1. The standard InChI is InChI=1S/C22H26N2OS/c1-16-8-9-20(17(2)14-16)26-21(19-6-4-3-5-7-19)22(25)24-15-18-10-12-23-13-11-18/h3-10,14,21,23H,11-13,15H2,1-2H3,(H,24,25). The Morgan fingerprint density at radius 1 is 1.19 bits per heavy atom. The molecule has 3 nitrogen and oxygen atoms in total. The molecule has 0 aromatic heterocycles.